The van der Waals surface area contributed by atoms with Crippen LogP contribution in [0.25, 0.3) is 5.69 Å². The Hall–Kier alpha value is -3.11. The maximum Gasteiger partial charge on any atom is 0.394 e. The number of likely N-dealkylation sites (tertiary alicyclic amines) is 1. The fourth-order valence-corrected chi connectivity index (χ4v) is 2.91. The highest BCUT2D eigenvalue weighted by Gasteiger charge is 2.53. The highest BCUT2D eigenvalue weighted by atomic mass is 19.4. The van der Waals surface area contributed by atoms with Crippen LogP contribution < -0.4 is 5.32 Å². The summed E-state index contributed by atoms with van der Waals surface area (Å²) in [6.07, 6.45) is -2.23. The first kappa shape index (κ1) is 18.7. The molecule has 2 N–H and O–H groups in total. The number of nitrogens with zero attached hydrogens (tertiary/aromatic N) is 3. The number of urea groups is 1. The van der Waals surface area contributed by atoms with Crippen molar-refractivity contribution in [2.75, 3.05) is 18.4 Å². The van der Waals surface area contributed by atoms with E-state index >= 15 is 0 Å². The molecule has 1 saturated heterocycles. The van der Waals surface area contributed by atoms with Crippen molar-refractivity contribution in [2.24, 2.45) is 11.8 Å². The minimum absolute atomic E-state index is 0.127. The predicted octanol–water partition coefficient (Wildman–Crippen LogP) is 2.74. The lowest BCUT2D eigenvalue weighted by Crippen LogP contribution is -2.35. The van der Waals surface area contributed by atoms with Crippen LogP contribution in [0.5, 0.6) is 0 Å². The number of benzene rings is 1. The number of rotatable bonds is 3. The Morgan fingerprint density at radius 2 is 1.93 bits per heavy atom. The molecule has 1 aromatic heterocycles. The van der Waals surface area contributed by atoms with Gasteiger partial charge in [-0.3, -0.25) is 4.79 Å². The highest BCUT2D eigenvalue weighted by molar-refractivity contribution is 5.90. The van der Waals surface area contributed by atoms with Gasteiger partial charge in [0.2, 0.25) is 0 Å². The van der Waals surface area contributed by atoms with Gasteiger partial charge in [0.05, 0.1) is 29.9 Å². The van der Waals surface area contributed by atoms with Crippen molar-refractivity contribution in [2.45, 2.75) is 6.18 Å². The third-order valence-electron chi connectivity index (χ3n) is 4.28. The van der Waals surface area contributed by atoms with E-state index < -0.39 is 48.9 Å². The molecule has 2 aromatic rings. The number of carbonyl (C=O) groups excluding carboxylic acids is 1. The largest absolute Gasteiger partial charge is 0.481 e. The number of alkyl halides is 3. The average molecular weight is 386 g/mol. The Bertz CT molecular complexity index is 867. The zero-order valence-electron chi connectivity index (χ0n) is 13.7. The van der Waals surface area contributed by atoms with Crippen LogP contribution in [0, 0.1) is 17.7 Å². The minimum Gasteiger partial charge on any atom is -0.481 e. The molecule has 1 aliphatic heterocycles. The van der Waals surface area contributed by atoms with Crippen molar-refractivity contribution in [1.82, 2.24) is 14.7 Å². The SMILES string of the molecule is O=C(O)[C@@H]1CN(C(=O)Nc2cnn(-c3ccccc3F)c2)C[C@H]1C(F)(F)F. The van der Waals surface area contributed by atoms with Crippen LogP contribution >= 0.6 is 0 Å². The lowest BCUT2D eigenvalue weighted by molar-refractivity contribution is -0.187. The summed E-state index contributed by atoms with van der Waals surface area (Å²) in [5.41, 5.74) is 0.257. The van der Waals surface area contributed by atoms with Crippen LogP contribution in [0.1, 0.15) is 0 Å². The summed E-state index contributed by atoms with van der Waals surface area (Å²) in [5, 5.41) is 15.2. The summed E-state index contributed by atoms with van der Waals surface area (Å²) in [4.78, 5) is 24.1. The second-order valence-electron chi connectivity index (χ2n) is 6.05. The van der Waals surface area contributed by atoms with Gasteiger partial charge in [-0.15, -0.1) is 0 Å². The van der Waals surface area contributed by atoms with Gasteiger partial charge < -0.3 is 15.3 Å². The standard InChI is InChI=1S/C16H14F4N4O3/c17-12-3-1-2-4-13(12)24-6-9(5-21-24)22-15(27)23-7-10(14(25)26)11(8-23)16(18,19)20/h1-6,10-11H,7-8H2,(H,22,27)(H,25,26)/t10-,11-/m1/s1. The molecule has 0 radical (unpaired) electrons. The number of amides is 2. The van der Waals surface area contributed by atoms with E-state index in [2.05, 4.69) is 10.4 Å². The van der Waals surface area contributed by atoms with Crippen molar-refractivity contribution in [3.8, 4) is 5.69 Å². The maximum absolute atomic E-state index is 13.7. The van der Waals surface area contributed by atoms with Crippen molar-refractivity contribution in [1.29, 1.82) is 0 Å². The second-order valence-corrected chi connectivity index (χ2v) is 6.05. The molecule has 2 amide bonds. The molecule has 144 valence electrons. The van der Waals surface area contributed by atoms with E-state index in [4.69, 9.17) is 5.11 Å². The van der Waals surface area contributed by atoms with Gasteiger partial charge in [-0.2, -0.15) is 18.3 Å². The third kappa shape index (κ3) is 3.86. The van der Waals surface area contributed by atoms with E-state index in [0.717, 1.165) is 9.58 Å². The van der Waals surface area contributed by atoms with E-state index in [-0.39, 0.29) is 11.4 Å². The van der Waals surface area contributed by atoms with E-state index in [9.17, 15) is 27.2 Å². The van der Waals surface area contributed by atoms with Gasteiger partial charge in [0.1, 0.15) is 11.5 Å². The van der Waals surface area contributed by atoms with Gasteiger partial charge in [0.15, 0.2) is 0 Å². The highest BCUT2D eigenvalue weighted by Crippen LogP contribution is 2.37. The number of para-hydroxylation sites is 1. The lowest BCUT2D eigenvalue weighted by Gasteiger charge is -2.18. The van der Waals surface area contributed by atoms with Crippen LogP contribution in [0.3, 0.4) is 0 Å². The molecule has 0 saturated carbocycles. The van der Waals surface area contributed by atoms with Gasteiger partial charge in [-0.25, -0.2) is 13.9 Å². The number of carbonyl (C=O) groups is 2. The smallest absolute Gasteiger partial charge is 0.394 e. The number of hydrogen-bond acceptors (Lipinski definition) is 3. The fraction of sp³-hybridized carbons (Fsp3) is 0.312. The predicted molar refractivity (Wildman–Crippen MR) is 84.8 cm³/mol. The topological polar surface area (TPSA) is 87.5 Å². The zero-order valence-corrected chi connectivity index (χ0v) is 13.7. The van der Waals surface area contributed by atoms with E-state index in [1.54, 1.807) is 6.07 Å². The Kier molecular flexibility index (Phi) is 4.77. The number of aliphatic carboxylic acids is 1. The molecule has 0 spiro atoms. The first-order chi connectivity index (χ1) is 12.7. The van der Waals surface area contributed by atoms with Crippen LogP contribution in [0.2, 0.25) is 0 Å². The first-order valence-corrected chi connectivity index (χ1v) is 7.82. The molecule has 0 aliphatic carbocycles. The summed E-state index contributed by atoms with van der Waals surface area (Å²) in [5.74, 6) is -6.02. The van der Waals surface area contributed by atoms with Crippen molar-refractivity contribution < 1.29 is 32.3 Å². The number of carboxylic acid groups (broad SMARTS) is 1. The summed E-state index contributed by atoms with van der Waals surface area (Å²) in [7, 11) is 0. The van der Waals surface area contributed by atoms with E-state index in [1.807, 2.05) is 0 Å². The molecule has 11 heteroatoms. The lowest BCUT2D eigenvalue weighted by atomic mass is 9.96. The van der Waals surface area contributed by atoms with E-state index in [1.165, 1.54) is 30.6 Å². The van der Waals surface area contributed by atoms with Crippen molar-refractivity contribution in [3.05, 3.63) is 42.5 Å². The Labute approximate surface area is 150 Å². The molecule has 1 fully saturated rings. The van der Waals surface area contributed by atoms with Crippen molar-refractivity contribution >= 4 is 17.7 Å². The van der Waals surface area contributed by atoms with Gasteiger partial charge in [0, 0.05) is 13.1 Å². The summed E-state index contributed by atoms with van der Waals surface area (Å²) in [6.45, 7) is -1.32. The third-order valence-corrected chi connectivity index (χ3v) is 4.28. The van der Waals surface area contributed by atoms with Gasteiger partial charge in [-0.05, 0) is 12.1 Å². The first-order valence-electron chi connectivity index (χ1n) is 7.82. The molecule has 27 heavy (non-hydrogen) atoms. The maximum atomic E-state index is 13.7. The Balaban J connectivity index is 1.71. The Morgan fingerprint density at radius 3 is 2.52 bits per heavy atom. The zero-order chi connectivity index (χ0) is 19.8. The number of hydrogen-bond donors (Lipinski definition) is 2. The molecule has 2 heterocycles. The van der Waals surface area contributed by atoms with Crippen LogP contribution in [-0.4, -0.2) is 51.1 Å². The molecule has 1 aromatic carbocycles. The number of nitrogens with one attached hydrogen (secondary N) is 1. The quantitative estimate of drug-likeness (QED) is 0.795. The normalized spacial score (nSPS) is 19.9. The monoisotopic (exact) mass is 386 g/mol. The van der Waals surface area contributed by atoms with Crippen LogP contribution in [-0.2, 0) is 4.79 Å². The average Bonchev–Trinajstić information content (AvgIpc) is 3.21. The van der Waals surface area contributed by atoms with E-state index in [0.29, 0.717) is 0 Å². The van der Waals surface area contributed by atoms with Crippen LogP contribution in [0.15, 0.2) is 36.7 Å². The Morgan fingerprint density at radius 1 is 1.22 bits per heavy atom. The van der Waals surface area contributed by atoms with Crippen LogP contribution in [0.4, 0.5) is 28.0 Å². The second kappa shape index (κ2) is 6.89. The minimum atomic E-state index is -4.73. The summed E-state index contributed by atoms with van der Waals surface area (Å²) >= 11 is 0. The van der Waals surface area contributed by atoms with Crippen molar-refractivity contribution in [3.63, 3.8) is 0 Å². The number of carboxylic acids is 1. The fourth-order valence-electron chi connectivity index (χ4n) is 2.91. The summed E-state index contributed by atoms with van der Waals surface area (Å²) < 4.78 is 53.9. The molecule has 2 atom stereocenters. The molecule has 3 rings (SSSR count). The molecule has 0 bridgehead atoms. The van der Waals surface area contributed by atoms with Gasteiger partial charge >= 0.3 is 18.2 Å². The number of halogens is 4. The summed E-state index contributed by atoms with van der Waals surface area (Å²) in [6, 6.07) is 4.88. The molecular weight excluding hydrogens is 372 g/mol. The molecule has 0 unspecified atom stereocenters. The number of anilines is 1. The molecule has 1 aliphatic rings. The van der Waals surface area contributed by atoms with Gasteiger partial charge in [-0.1, -0.05) is 12.1 Å². The molecular formula is C16H14F4N4O3. The molecule has 7 nitrogen and oxygen atoms in total. The number of aromatic nitrogens is 2. The van der Waals surface area contributed by atoms with Gasteiger partial charge in [0.25, 0.3) is 0 Å².